The highest BCUT2D eigenvalue weighted by Crippen LogP contribution is 2.25. The fourth-order valence-corrected chi connectivity index (χ4v) is 1.79. The molecule has 0 saturated heterocycles. The normalized spacial score (nSPS) is 25.5. The molecule has 64 valence electrons. The maximum atomic E-state index is 5.94. The van der Waals surface area contributed by atoms with Crippen LogP contribution in [0.3, 0.4) is 0 Å². The van der Waals surface area contributed by atoms with Crippen LogP contribution in [0.1, 0.15) is 39.5 Å². The molecule has 0 heterocycles. The van der Waals surface area contributed by atoms with E-state index in [2.05, 4.69) is 26.0 Å². The van der Waals surface area contributed by atoms with Crippen LogP contribution in [0, 0.1) is 5.92 Å². The molecule has 0 fully saturated rings. The van der Waals surface area contributed by atoms with Gasteiger partial charge in [-0.05, 0) is 45.4 Å². The Morgan fingerprint density at radius 1 is 1.45 bits per heavy atom. The number of hydrogen-bond acceptors (Lipinski definition) is 1. The quantitative estimate of drug-likeness (QED) is 0.606. The van der Waals surface area contributed by atoms with E-state index in [1.165, 1.54) is 19.3 Å². The van der Waals surface area contributed by atoms with E-state index in [0.29, 0.717) is 0 Å². The Kier molecular flexibility index (Phi) is 2.72. The largest absolute Gasteiger partial charge is 0.326 e. The summed E-state index contributed by atoms with van der Waals surface area (Å²) in [6, 6.07) is 0. The summed E-state index contributed by atoms with van der Waals surface area (Å²) in [7, 11) is 0. The molecule has 1 rings (SSSR count). The van der Waals surface area contributed by atoms with Crippen LogP contribution in [-0.2, 0) is 0 Å². The zero-order valence-corrected chi connectivity index (χ0v) is 7.64. The van der Waals surface area contributed by atoms with E-state index in [0.717, 1.165) is 12.3 Å². The molecule has 1 nitrogen and oxygen atoms in total. The molecule has 2 N–H and O–H groups in total. The second kappa shape index (κ2) is 3.40. The number of rotatable bonds is 2. The van der Waals surface area contributed by atoms with E-state index >= 15 is 0 Å². The van der Waals surface area contributed by atoms with Gasteiger partial charge in [-0.2, -0.15) is 0 Å². The van der Waals surface area contributed by atoms with Crippen LogP contribution in [0.15, 0.2) is 12.2 Å². The Morgan fingerprint density at radius 3 is 2.64 bits per heavy atom. The van der Waals surface area contributed by atoms with Crippen LogP contribution in [0.25, 0.3) is 0 Å². The molecule has 1 atom stereocenters. The van der Waals surface area contributed by atoms with Gasteiger partial charge in [0.2, 0.25) is 0 Å². The number of hydrogen-bond donors (Lipinski definition) is 1. The van der Waals surface area contributed by atoms with Crippen LogP contribution < -0.4 is 5.73 Å². The highest BCUT2D eigenvalue weighted by molar-refractivity contribution is 4.92. The van der Waals surface area contributed by atoms with Crippen molar-refractivity contribution in [1.29, 1.82) is 0 Å². The Hall–Kier alpha value is -0.300. The average molecular weight is 153 g/mol. The van der Waals surface area contributed by atoms with Crippen molar-refractivity contribution in [3.05, 3.63) is 12.2 Å². The van der Waals surface area contributed by atoms with Gasteiger partial charge in [-0.1, -0.05) is 12.2 Å². The molecule has 1 unspecified atom stereocenters. The van der Waals surface area contributed by atoms with E-state index < -0.39 is 0 Å². The minimum Gasteiger partial charge on any atom is -0.326 e. The Balaban J connectivity index is 2.32. The topological polar surface area (TPSA) is 26.0 Å². The Labute approximate surface area is 69.7 Å². The molecule has 0 aliphatic heterocycles. The van der Waals surface area contributed by atoms with E-state index in [1.807, 2.05) is 0 Å². The smallest absolute Gasteiger partial charge is 0.00998 e. The summed E-state index contributed by atoms with van der Waals surface area (Å²) in [5.74, 6) is 0.833. The van der Waals surface area contributed by atoms with Crippen molar-refractivity contribution < 1.29 is 0 Å². The molecule has 0 saturated carbocycles. The maximum absolute atomic E-state index is 5.94. The van der Waals surface area contributed by atoms with Gasteiger partial charge < -0.3 is 5.73 Å². The monoisotopic (exact) mass is 153 g/mol. The van der Waals surface area contributed by atoms with Crippen LogP contribution in [0.5, 0.6) is 0 Å². The minimum atomic E-state index is 0.0237. The Morgan fingerprint density at radius 2 is 2.18 bits per heavy atom. The van der Waals surface area contributed by atoms with Crippen molar-refractivity contribution in [2.75, 3.05) is 0 Å². The molecule has 1 aliphatic carbocycles. The molecule has 0 radical (unpaired) electrons. The molecule has 0 aromatic carbocycles. The third-order valence-electron chi connectivity index (χ3n) is 2.19. The van der Waals surface area contributed by atoms with Gasteiger partial charge in [-0.3, -0.25) is 0 Å². The molecule has 0 aromatic heterocycles. The van der Waals surface area contributed by atoms with Crippen molar-refractivity contribution in [3.8, 4) is 0 Å². The molecule has 0 bridgehead atoms. The maximum Gasteiger partial charge on any atom is 0.00998 e. The van der Waals surface area contributed by atoms with Crippen molar-refractivity contribution in [3.63, 3.8) is 0 Å². The van der Waals surface area contributed by atoms with Crippen molar-refractivity contribution in [1.82, 2.24) is 0 Å². The number of allylic oxidation sites excluding steroid dienone is 2. The van der Waals surface area contributed by atoms with Crippen LogP contribution in [-0.4, -0.2) is 5.54 Å². The zero-order valence-electron chi connectivity index (χ0n) is 7.64. The van der Waals surface area contributed by atoms with Crippen molar-refractivity contribution in [2.24, 2.45) is 11.7 Å². The molecule has 0 amide bonds. The highest BCUT2D eigenvalue weighted by atomic mass is 14.7. The standard InChI is InChI=1S/C10H19N/c1-10(2,11)8-9-6-4-3-5-7-9/h3-4,9H,5-8,11H2,1-2H3. The molecule has 11 heavy (non-hydrogen) atoms. The van der Waals surface area contributed by atoms with E-state index in [4.69, 9.17) is 5.73 Å². The zero-order chi connectivity index (χ0) is 8.32. The van der Waals surface area contributed by atoms with Crippen LogP contribution >= 0.6 is 0 Å². The lowest BCUT2D eigenvalue weighted by molar-refractivity contribution is 0.340. The molecule has 0 aromatic rings. The van der Waals surface area contributed by atoms with Gasteiger partial charge >= 0.3 is 0 Å². The molecular formula is C10H19N. The van der Waals surface area contributed by atoms with Gasteiger partial charge in [-0.25, -0.2) is 0 Å². The first-order valence-electron chi connectivity index (χ1n) is 4.52. The molecule has 1 heteroatoms. The van der Waals surface area contributed by atoms with E-state index in [1.54, 1.807) is 0 Å². The van der Waals surface area contributed by atoms with E-state index in [9.17, 15) is 0 Å². The van der Waals surface area contributed by atoms with E-state index in [-0.39, 0.29) is 5.54 Å². The predicted octanol–water partition coefficient (Wildman–Crippen LogP) is 2.47. The highest BCUT2D eigenvalue weighted by Gasteiger charge is 2.18. The molecule has 0 spiro atoms. The minimum absolute atomic E-state index is 0.0237. The lowest BCUT2D eigenvalue weighted by Gasteiger charge is -2.26. The molecule has 1 aliphatic rings. The molecular weight excluding hydrogens is 134 g/mol. The van der Waals surface area contributed by atoms with Gasteiger partial charge in [0, 0.05) is 5.54 Å². The average Bonchev–Trinajstić information content (AvgIpc) is 1.85. The van der Waals surface area contributed by atoms with Gasteiger partial charge in [0.15, 0.2) is 0 Å². The van der Waals surface area contributed by atoms with Crippen molar-refractivity contribution >= 4 is 0 Å². The van der Waals surface area contributed by atoms with Gasteiger partial charge in [0.05, 0.1) is 0 Å². The second-order valence-corrected chi connectivity index (χ2v) is 4.34. The third kappa shape index (κ3) is 3.57. The summed E-state index contributed by atoms with van der Waals surface area (Å²) in [5, 5.41) is 0. The van der Waals surface area contributed by atoms with Gasteiger partial charge in [0.1, 0.15) is 0 Å². The fourth-order valence-electron chi connectivity index (χ4n) is 1.79. The fraction of sp³-hybridized carbons (Fsp3) is 0.800. The summed E-state index contributed by atoms with van der Waals surface area (Å²) in [5.41, 5.74) is 5.97. The lowest BCUT2D eigenvalue weighted by atomic mass is 9.84. The first-order valence-corrected chi connectivity index (χ1v) is 4.52. The Bertz CT molecular complexity index is 141. The van der Waals surface area contributed by atoms with Crippen LogP contribution in [0.2, 0.25) is 0 Å². The summed E-state index contributed by atoms with van der Waals surface area (Å²) in [4.78, 5) is 0. The first-order chi connectivity index (χ1) is 5.08. The summed E-state index contributed by atoms with van der Waals surface area (Å²) < 4.78 is 0. The number of nitrogens with two attached hydrogens (primary N) is 1. The summed E-state index contributed by atoms with van der Waals surface area (Å²) >= 11 is 0. The second-order valence-electron chi connectivity index (χ2n) is 4.34. The summed E-state index contributed by atoms with van der Waals surface area (Å²) in [6.07, 6.45) is 9.55. The summed E-state index contributed by atoms with van der Waals surface area (Å²) in [6.45, 7) is 4.23. The van der Waals surface area contributed by atoms with Gasteiger partial charge in [0.25, 0.3) is 0 Å². The first kappa shape index (κ1) is 8.79. The third-order valence-corrected chi connectivity index (χ3v) is 2.19. The van der Waals surface area contributed by atoms with Crippen molar-refractivity contribution in [2.45, 2.75) is 45.1 Å². The SMILES string of the molecule is CC(C)(N)CC1CC=CCC1. The van der Waals surface area contributed by atoms with Gasteiger partial charge in [-0.15, -0.1) is 0 Å². The van der Waals surface area contributed by atoms with Crippen LogP contribution in [0.4, 0.5) is 0 Å². The predicted molar refractivity (Wildman–Crippen MR) is 49.4 cm³/mol. The lowest BCUT2D eigenvalue weighted by Crippen LogP contribution is -2.34.